The quantitative estimate of drug-likeness (QED) is 0.228. The molecule has 178 valence electrons. The molecule has 3 heterocycles. The van der Waals surface area contributed by atoms with Crippen molar-refractivity contribution in [2.45, 2.75) is 51.5 Å². The maximum absolute atomic E-state index is 12.7. The summed E-state index contributed by atoms with van der Waals surface area (Å²) in [4.78, 5) is 21.8. The molecule has 3 aromatic heterocycles. The molecule has 8 heteroatoms. The van der Waals surface area contributed by atoms with E-state index < -0.39 is 0 Å². The van der Waals surface area contributed by atoms with Gasteiger partial charge < -0.3 is 5.32 Å². The van der Waals surface area contributed by atoms with E-state index in [1.54, 1.807) is 41.2 Å². The Bertz CT molecular complexity index is 1350. The normalized spacial score (nSPS) is 11.8. The van der Waals surface area contributed by atoms with Crippen LogP contribution in [-0.4, -0.2) is 25.4 Å². The fourth-order valence-electron chi connectivity index (χ4n) is 4.19. The van der Waals surface area contributed by atoms with Crippen molar-refractivity contribution in [3.63, 3.8) is 0 Å². The second kappa shape index (κ2) is 11.7. The molecule has 0 spiro atoms. The molecule has 35 heavy (non-hydrogen) atoms. The Kier molecular flexibility index (Phi) is 8.22. The lowest BCUT2D eigenvalue weighted by molar-refractivity contribution is 0.0978. The van der Waals surface area contributed by atoms with E-state index in [2.05, 4.69) is 50.4 Å². The topological polar surface area (TPSA) is 96.0 Å². The summed E-state index contributed by atoms with van der Waals surface area (Å²) >= 11 is 3.58. The van der Waals surface area contributed by atoms with Crippen molar-refractivity contribution in [3.8, 4) is 6.07 Å². The number of carbonyl (C=O) groups excluding carboxylic acids is 1. The maximum atomic E-state index is 12.7. The van der Waals surface area contributed by atoms with Gasteiger partial charge >= 0.3 is 0 Å². The van der Waals surface area contributed by atoms with E-state index in [0.717, 1.165) is 52.9 Å². The minimum Gasteiger partial charge on any atom is -0.366 e. The number of aromatic nitrogens is 4. The molecule has 4 rings (SSSR count). The molecular formula is C27H27BrN6O. The zero-order valence-electron chi connectivity index (χ0n) is 19.6. The molecule has 7 nitrogen and oxygen atoms in total. The number of hydrogen-bond donors (Lipinski definition) is 1. The Hall–Kier alpha value is -3.57. The summed E-state index contributed by atoms with van der Waals surface area (Å²) in [5, 5.41) is 17.0. The molecular weight excluding hydrogens is 504 g/mol. The molecule has 0 amide bonds. The molecule has 0 radical (unpaired) electrons. The second-order valence-electron chi connectivity index (χ2n) is 8.50. The van der Waals surface area contributed by atoms with E-state index >= 15 is 0 Å². The summed E-state index contributed by atoms with van der Waals surface area (Å²) in [6, 6.07) is 15.0. The van der Waals surface area contributed by atoms with E-state index in [9.17, 15) is 4.79 Å². The zero-order chi connectivity index (χ0) is 24.6. The van der Waals surface area contributed by atoms with Crippen molar-refractivity contribution >= 4 is 33.2 Å². The van der Waals surface area contributed by atoms with Crippen molar-refractivity contribution in [2.24, 2.45) is 0 Å². The van der Waals surface area contributed by atoms with Gasteiger partial charge in [0.05, 0.1) is 22.3 Å². The van der Waals surface area contributed by atoms with Crippen molar-refractivity contribution < 1.29 is 4.79 Å². The van der Waals surface area contributed by atoms with E-state index in [1.807, 2.05) is 18.3 Å². The van der Waals surface area contributed by atoms with Crippen LogP contribution in [0, 0.1) is 11.3 Å². The van der Waals surface area contributed by atoms with Gasteiger partial charge in [-0.05, 0) is 59.0 Å². The number of nitrogens with zero attached hydrogens (tertiary/aromatic N) is 5. The summed E-state index contributed by atoms with van der Waals surface area (Å²) in [6.45, 7) is 2.79. The number of anilines is 1. The fraction of sp³-hybridized carbons (Fsp3) is 0.296. The summed E-state index contributed by atoms with van der Waals surface area (Å²) in [5.41, 5.74) is 3.94. The van der Waals surface area contributed by atoms with Crippen LogP contribution in [0.5, 0.6) is 0 Å². The fourth-order valence-corrected chi connectivity index (χ4v) is 4.54. The van der Waals surface area contributed by atoms with Crippen molar-refractivity contribution in [3.05, 3.63) is 87.9 Å². The lowest BCUT2D eigenvalue weighted by atomic mass is 9.92. The zero-order valence-corrected chi connectivity index (χ0v) is 21.2. The number of nitriles is 1. The Morgan fingerprint density at radius 2 is 2.09 bits per heavy atom. The van der Waals surface area contributed by atoms with Crippen LogP contribution in [0.4, 0.5) is 5.82 Å². The first kappa shape index (κ1) is 24.6. The number of fused-ring (bicyclic) bond motifs is 1. The highest BCUT2D eigenvalue weighted by Crippen LogP contribution is 2.30. The number of nitrogens with one attached hydrogen (secondary N) is 1. The van der Waals surface area contributed by atoms with Gasteiger partial charge in [-0.25, -0.2) is 4.98 Å². The lowest BCUT2D eigenvalue weighted by Gasteiger charge is -2.18. The molecule has 0 aliphatic carbocycles. The van der Waals surface area contributed by atoms with Gasteiger partial charge in [0, 0.05) is 48.6 Å². The van der Waals surface area contributed by atoms with Gasteiger partial charge in [-0.3, -0.25) is 9.78 Å². The molecule has 1 aromatic carbocycles. The van der Waals surface area contributed by atoms with E-state index in [-0.39, 0.29) is 11.7 Å². The van der Waals surface area contributed by atoms with Crippen LogP contribution in [0.3, 0.4) is 0 Å². The maximum Gasteiger partial charge on any atom is 0.171 e. The predicted octanol–water partition coefficient (Wildman–Crippen LogP) is 6.31. The Morgan fingerprint density at radius 3 is 2.86 bits per heavy atom. The highest BCUT2D eigenvalue weighted by molar-refractivity contribution is 9.10. The summed E-state index contributed by atoms with van der Waals surface area (Å²) in [7, 11) is 0. The molecule has 0 saturated carbocycles. The molecule has 0 aliphatic heterocycles. The van der Waals surface area contributed by atoms with Crippen LogP contribution < -0.4 is 5.32 Å². The number of halogens is 1. The number of Topliss-reactive ketones (excluding diaryl/α,β-unsaturated/α-hetero) is 1. The molecule has 1 N–H and O–H groups in total. The van der Waals surface area contributed by atoms with Gasteiger partial charge in [0.15, 0.2) is 11.4 Å². The summed E-state index contributed by atoms with van der Waals surface area (Å²) in [6.07, 6.45) is 9.42. The SMILES string of the molecule is CCCC(CCCC(=O)c1cccc(C#N)c1)c1cc(NCc2cccnc2)n2ncc(Br)c2n1. The van der Waals surface area contributed by atoms with Crippen LogP contribution in [-0.2, 0) is 6.54 Å². The van der Waals surface area contributed by atoms with Gasteiger partial charge in [0.1, 0.15) is 5.82 Å². The predicted molar refractivity (Wildman–Crippen MR) is 139 cm³/mol. The summed E-state index contributed by atoms with van der Waals surface area (Å²) in [5.74, 6) is 1.16. The number of rotatable bonds is 11. The van der Waals surface area contributed by atoms with Gasteiger partial charge in [-0.2, -0.15) is 14.9 Å². The van der Waals surface area contributed by atoms with Crippen molar-refractivity contribution in [2.75, 3.05) is 5.32 Å². The Morgan fingerprint density at radius 1 is 1.20 bits per heavy atom. The molecule has 0 bridgehead atoms. The second-order valence-corrected chi connectivity index (χ2v) is 9.36. The monoisotopic (exact) mass is 530 g/mol. The average molecular weight is 531 g/mol. The number of pyridine rings is 1. The number of ketones is 1. The van der Waals surface area contributed by atoms with Crippen molar-refractivity contribution in [1.82, 2.24) is 19.6 Å². The molecule has 0 saturated heterocycles. The number of hydrogen-bond acceptors (Lipinski definition) is 6. The minimum absolute atomic E-state index is 0.0677. The third-order valence-electron chi connectivity index (χ3n) is 5.97. The van der Waals surface area contributed by atoms with Crippen LogP contribution >= 0.6 is 15.9 Å². The molecule has 4 aromatic rings. The van der Waals surface area contributed by atoms with Crippen LogP contribution in [0.1, 0.15) is 72.1 Å². The highest BCUT2D eigenvalue weighted by Gasteiger charge is 2.18. The van der Waals surface area contributed by atoms with E-state index in [0.29, 0.717) is 24.1 Å². The third-order valence-corrected chi connectivity index (χ3v) is 6.53. The van der Waals surface area contributed by atoms with Crippen LogP contribution in [0.2, 0.25) is 0 Å². The van der Waals surface area contributed by atoms with Gasteiger partial charge in [0.2, 0.25) is 0 Å². The lowest BCUT2D eigenvalue weighted by Crippen LogP contribution is -2.10. The van der Waals surface area contributed by atoms with Gasteiger partial charge in [-0.1, -0.05) is 31.5 Å². The Balaban J connectivity index is 1.51. The van der Waals surface area contributed by atoms with Crippen LogP contribution in [0.15, 0.2) is 65.5 Å². The van der Waals surface area contributed by atoms with Crippen LogP contribution in [0.25, 0.3) is 5.65 Å². The largest absolute Gasteiger partial charge is 0.366 e. The van der Waals surface area contributed by atoms with E-state index in [1.165, 1.54) is 0 Å². The smallest absolute Gasteiger partial charge is 0.171 e. The minimum atomic E-state index is 0.0677. The highest BCUT2D eigenvalue weighted by atomic mass is 79.9. The van der Waals surface area contributed by atoms with Crippen molar-refractivity contribution in [1.29, 1.82) is 5.26 Å². The third kappa shape index (κ3) is 6.11. The van der Waals surface area contributed by atoms with Gasteiger partial charge in [0.25, 0.3) is 0 Å². The Labute approximate surface area is 213 Å². The first-order valence-corrected chi connectivity index (χ1v) is 12.6. The number of carbonyl (C=O) groups is 1. The molecule has 1 unspecified atom stereocenters. The molecule has 1 atom stereocenters. The average Bonchev–Trinajstić information content (AvgIpc) is 3.28. The number of benzene rings is 1. The van der Waals surface area contributed by atoms with E-state index in [4.69, 9.17) is 10.2 Å². The standard InChI is InChI=1S/C27H27BrN6O/c1-2-6-21(9-4-11-25(35)22-10-3-7-19(13-22)15-29)24-14-26(31-17-20-8-5-12-30-16-20)34-27(33-24)23(28)18-32-34/h3,5,7-8,10,12-14,16,18,21,31H,2,4,6,9,11,17H2,1H3. The first-order chi connectivity index (χ1) is 17.1. The van der Waals surface area contributed by atoms with Gasteiger partial charge in [-0.15, -0.1) is 0 Å². The molecule has 0 aliphatic rings. The first-order valence-electron chi connectivity index (χ1n) is 11.8. The molecule has 0 fully saturated rings. The summed E-state index contributed by atoms with van der Waals surface area (Å²) < 4.78 is 2.64.